The molecule has 0 aliphatic heterocycles. The van der Waals surface area contributed by atoms with Crippen LogP contribution >= 0.6 is 0 Å². The molecule has 14 heavy (non-hydrogen) atoms. The Morgan fingerprint density at radius 2 is 2.00 bits per heavy atom. The number of rotatable bonds is 7. The maximum Gasteiger partial charge on any atom is 0.000790 e. The Balaban J connectivity index is 2.26. The molecule has 1 nitrogen and oxygen atoms in total. The van der Waals surface area contributed by atoms with E-state index >= 15 is 0 Å². The number of hydrogen-bond acceptors (Lipinski definition) is 1. The van der Waals surface area contributed by atoms with Crippen molar-refractivity contribution < 1.29 is 0 Å². The van der Waals surface area contributed by atoms with Crippen LogP contribution in [-0.4, -0.2) is 13.1 Å². The van der Waals surface area contributed by atoms with E-state index in [1.54, 1.807) is 0 Å². The molecule has 1 aliphatic carbocycles. The summed E-state index contributed by atoms with van der Waals surface area (Å²) in [6.07, 6.45) is 8.45. The van der Waals surface area contributed by atoms with Crippen LogP contribution in [0.25, 0.3) is 0 Å². The van der Waals surface area contributed by atoms with Crippen molar-refractivity contribution in [2.24, 2.45) is 11.3 Å². The van der Waals surface area contributed by atoms with Crippen LogP contribution in [0.4, 0.5) is 0 Å². The van der Waals surface area contributed by atoms with Crippen molar-refractivity contribution >= 4 is 0 Å². The van der Waals surface area contributed by atoms with Crippen LogP contribution in [-0.2, 0) is 0 Å². The van der Waals surface area contributed by atoms with E-state index in [1.807, 2.05) is 0 Å². The molecule has 1 rings (SSSR count). The Morgan fingerprint density at radius 1 is 1.29 bits per heavy atom. The first kappa shape index (κ1) is 12.0. The standard InChI is InChI=1S/C13H27N/c1-4-9-14-11-13(7-6-8-13)10-12(3)5-2/h12,14H,4-11H2,1-3H3. The maximum absolute atomic E-state index is 3.61. The van der Waals surface area contributed by atoms with Gasteiger partial charge in [0.1, 0.15) is 0 Å². The van der Waals surface area contributed by atoms with Gasteiger partial charge in [-0.3, -0.25) is 0 Å². The van der Waals surface area contributed by atoms with E-state index in [2.05, 4.69) is 26.1 Å². The van der Waals surface area contributed by atoms with E-state index < -0.39 is 0 Å². The molecule has 84 valence electrons. The van der Waals surface area contributed by atoms with Gasteiger partial charge in [-0.25, -0.2) is 0 Å². The van der Waals surface area contributed by atoms with E-state index in [9.17, 15) is 0 Å². The highest BCUT2D eigenvalue weighted by Gasteiger charge is 2.36. The van der Waals surface area contributed by atoms with Gasteiger partial charge in [-0.2, -0.15) is 0 Å². The van der Waals surface area contributed by atoms with Crippen molar-refractivity contribution in [1.82, 2.24) is 5.32 Å². The molecule has 0 aromatic carbocycles. The van der Waals surface area contributed by atoms with E-state index in [4.69, 9.17) is 0 Å². The van der Waals surface area contributed by atoms with Gasteiger partial charge in [-0.1, -0.05) is 33.6 Å². The third kappa shape index (κ3) is 3.27. The fourth-order valence-corrected chi connectivity index (χ4v) is 2.54. The Hall–Kier alpha value is -0.0400. The summed E-state index contributed by atoms with van der Waals surface area (Å²) < 4.78 is 0. The lowest BCUT2D eigenvalue weighted by Gasteiger charge is -2.44. The fourth-order valence-electron chi connectivity index (χ4n) is 2.54. The molecule has 0 radical (unpaired) electrons. The lowest BCUT2D eigenvalue weighted by molar-refractivity contribution is 0.0941. The molecule has 0 bridgehead atoms. The first-order valence-electron chi connectivity index (χ1n) is 6.43. The first-order valence-corrected chi connectivity index (χ1v) is 6.43. The second-order valence-electron chi connectivity index (χ2n) is 5.25. The van der Waals surface area contributed by atoms with Crippen molar-refractivity contribution in [3.8, 4) is 0 Å². The quantitative estimate of drug-likeness (QED) is 0.615. The third-order valence-electron chi connectivity index (χ3n) is 3.82. The summed E-state index contributed by atoms with van der Waals surface area (Å²) in [6.45, 7) is 9.43. The van der Waals surface area contributed by atoms with Crippen LogP contribution < -0.4 is 5.32 Å². The predicted molar refractivity (Wildman–Crippen MR) is 63.5 cm³/mol. The van der Waals surface area contributed by atoms with Gasteiger partial charge in [-0.15, -0.1) is 0 Å². The molecule has 0 amide bonds. The molecule has 0 aromatic heterocycles. The van der Waals surface area contributed by atoms with Gasteiger partial charge < -0.3 is 5.32 Å². The Bertz CT molecular complexity index is 149. The molecule has 0 heterocycles. The molecule has 1 aliphatic rings. The summed E-state index contributed by atoms with van der Waals surface area (Å²) in [5.74, 6) is 0.915. The van der Waals surface area contributed by atoms with Gasteiger partial charge in [0.05, 0.1) is 0 Å². The van der Waals surface area contributed by atoms with E-state index in [0.29, 0.717) is 5.41 Å². The van der Waals surface area contributed by atoms with E-state index in [0.717, 1.165) is 5.92 Å². The molecule has 1 unspecified atom stereocenters. The summed E-state index contributed by atoms with van der Waals surface area (Å²) in [7, 11) is 0. The Morgan fingerprint density at radius 3 is 2.43 bits per heavy atom. The van der Waals surface area contributed by atoms with Gasteiger partial charge in [0.2, 0.25) is 0 Å². The minimum absolute atomic E-state index is 0.685. The van der Waals surface area contributed by atoms with Gasteiger partial charge in [0, 0.05) is 6.54 Å². The highest BCUT2D eigenvalue weighted by Crippen LogP contribution is 2.45. The first-order chi connectivity index (χ1) is 6.72. The van der Waals surface area contributed by atoms with Crippen molar-refractivity contribution in [3.63, 3.8) is 0 Å². The zero-order chi connectivity index (χ0) is 10.4. The molecule has 1 heteroatoms. The maximum atomic E-state index is 3.61. The molecule has 1 fully saturated rings. The lowest BCUT2D eigenvalue weighted by atomic mass is 9.64. The van der Waals surface area contributed by atoms with Crippen molar-refractivity contribution in [2.75, 3.05) is 13.1 Å². The number of hydrogen-bond donors (Lipinski definition) is 1. The monoisotopic (exact) mass is 197 g/mol. The average molecular weight is 197 g/mol. The minimum Gasteiger partial charge on any atom is -0.316 e. The Kier molecular flexibility index (Phi) is 4.94. The second-order valence-corrected chi connectivity index (χ2v) is 5.25. The van der Waals surface area contributed by atoms with Crippen LogP contribution in [0, 0.1) is 11.3 Å². The highest BCUT2D eigenvalue weighted by molar-refractivity contribution is 4.90. The van der Waals surface area contributed by atoms with Gasteiger partial charge >= 0.3 is 0 Å². The summed E-state index contributed by atoms with van der Waals surface area (Å²) in [5.41, 5.74) is 0.685. The highest BCUT2D eigenvalue weighted by atomic mass is 14.9. The largest absolute Gasteiger partial charge is 0.316 e. The van der Waals surface area contributed by atoms with Crippen LogP contribution in [0.15, 0.2) is 0 Å². The zero-order valence-corrected chi connectivity index (χ0v) is 10.2. The lowest BCUT2D eigenvalue weighted by Crippen LogP contribution is -2.41. The van der Waals surface area contributed by atoms with Crippen molar-refractivity contribution in [3.05, 3.63) is 0 Å². The molecule has 1 atom stereocenters. The van der Waals surface area contributed by atoms with Crippen molar-refractivity contribution in [2.45, 2.75) is 59.3 Å². The fraction of sp³-hybridized carbons (Fsp3) is 1.00. The molecule has 0 saturated heterocycles. The summed E-state index contributed by atoms with van der Waals surface area (Å²) in [5, 5.41) is 3.61. The molecule has 1 saturated carbocycles. The minimum atomic E-state index is 0.685. The van der Waals surface area contributed by atoms with Crippen LogP contribution in [0.2, 0.25) is 0 Å². The van der Waals surface area contributed by atoms with E-state index in [1.165, 1.54) is 51.6 Å². The van der Waals surface area contributed by atoms with Crippen LogP contribution in [0.5, 0.6) is 0 Å². The number of nitrogens with one attached hydrogen (secondary N) is 1. The summed E-state index contributed by atoms with van der Waals surface area (Å²) in [6, 6.07) is 0. The average Bonchev–Trinajstić information content (AvgIpc) is 2.14. The summed E-state index contributed by atoms with van der Waals surface area (Å²) >= 11 is 0. The molecule has 1 N–H and O–H groups in total. The second kappa shape index (κ2) is 5.75. The summed E-state index contributed by atoms with van der Waals surface area (Å²) in [4.78, 5) is 0. The molecule has 0 aromatic rings. The van der Waals surface area contributed by atoms with E-state index in [-0.39, 0.29) is 0 Å². The van der Waals surface area contributed by atoms with Crippen molar-refractivity contribution in [1.29, 1.82) is 0 Å². The molecule has 0 spiro atoms. The molecular formula is C13H27N. The third-order valence-corrected chi connectivity index (χ3v) is 3.82. The smallest absolute Gasteiger partial charge is 0.000790 e. The topological polar surface area (TPSA) is 12.0 Å². The van der Waals surface area contributed by atoms with Crippen LogP contribution in [0.1, 0.15) is 59.3 Å². The van der Waals surface area contributed by atoms with Gasteiger partial charge in [0.25, 0.3) is 0 Å². The van der Waals surface area contributed by atoms with Gasteiger partial charge in [-0.05, 0) is 43.6 Å². The molecular weight excluding hydrogens is 170 g/mol. The zero-order valence-electron chi connectivity index (χ0n) is 10.2. The van der Waals surface area contributed by atoms with Crippen LogP contribution in [0.3, 0.4) is 0 Å². The van der Waals surface area contributed by atoms with Gasteiger partial charge in [0.15, 0.2) is 0 Å². The predicted octanol–water partition coefficient (Wildman–Crippen LogP) is 3.59. The SMILES string of the molecule is CCCNCC1(CC(C)CC)CCC1. The Labute approximate surface area is 89.7 Å². The normalized spacial score (nSPS) is 21.6.